The van der Waals surface area contributed by atoms with Crippen LogP contribution in [-0.2, 0) is 9.84 Å². The third-order valence-electron chi connectivity index (χ3n) is 1.76. The molecule has 0 N–H and O–H groups in total. The third-order valence-corrected chi connectivity index (χ3v) is 2.84. The van der Waals surface area contributed by atoms with Gasteiger partial charge in [0, 0.05) is 6.26 Å². The van der Waals surface area contributed by atoms with Crippen molar-refractivity contribution in [3.8, 4) is 0 Å². The Morgan fingerprint density at radius 2 is 2.00 bits per heavy atom. The minimum atomic E-state index is -2.68. The molecule has 1 fully saturated rings. The summed E-state index contributed by atoms with van der Waals surface area (Å²) >= 11 is 0. The van der Waals surface area contributed by atoms with Crippen LogP contribution in [0.3, 0.4) is 0 Å². The van der Waals surface area contributed by atoms with Crippen LogP contribution in [0, 0.1) is 5.92 Å². The summed E-state index contributed by atoms with van der Waals surface area (Å²) in [4.78, 5) is 0. The van der Waals surface area contributed by atoms with Crippen molar-refractivity contribution in [2.45, 2.75) is 19.3 Å². The fourth-order valence-corrected chi connectivity index (χ4v) is 2.28. The van der Waals surface area contributed by atoms with Crippen molar-refractivity contribution in [1.82, 2.24) is 0 Å². The average Bonchev–Trinajstić information content (AvgIpc) is 1.53. The van der Waals surface area contributed by atoms with E-state index < -0.39 is 9.84 Å². The Labute approximate surface area is 56.2 Å². The van der Waals surface area contributed by atoms with E-state index in [2.05, 4.69) is 0 Å². The molecule has 0 aromatic heterocycles. The highest BCUT2D eigenvalue weighted by molar-refractivity contribution is 7.90. The van der Waals surface area contributed by atoms with Crippen molar-refractivity contribution < 1.29 is 8.42 Å². The van der Waals surface area contributed by atoms with Gasteiger partial charge in [-0.3, -0.25) is 0 Å². The molecular formula is C6H12O2S. The van der Waals surface area contributed by atoms with Gasteiger partial charge in [0.05, 0.1) is 5.75 Å². The number of rotatable bonds is 2. The second kappa shape index (κ2) is 2.29. The van der Waals surface area contributed by atoms with Crippen LogP contribution in [0.4, 0.5) is 0 Å². The summed E-state index contributed by atoms with van der Waals surface area (Å²) in [6, 6.07) is 0. The van der Waals surface area contributed by atoms with Gasteiger partial charge < -0.3 is 0 Å². The first kappa shape index (κ1) is 7.06. The summed E-state index contributed by atoms with van der Waals surface area (Å²) in [5, 5.41) is 0. The zero-order valence-corrected chi connectivity index (χ0v) is 6.45. The van der Waals surface area contributed by atoms with Gasteiger partial charge in [0.25, 0.3) is 0 Å². The van der Waals surface area contributed by atoms with Gasteiger partial charge in [-0.05, 0) is 18.8 Å². The molecule has 3 heteroatoms. The van der Waals surface area contributed by atoms with E-state index >= 15 is 0 Å². The Kier molecular flexibility index (Phi) is 1.80. The van der Waals surface area contributed by atoms with Crippen molar-refractivity contribution >= 4 is 9.84 Å². The minimum Gasteiger partial charge on any atom is -0.229 e. The fourth-order valence-electron chi connectivity index (χ4n) is 1.09. The third kappa shape index (κ3) is 2.35. The molecule has 0 amide bonds. The quantitative estimate of drug-likeness (QED) is 0.581. The van der Waals surface area contributed by atoms with Crippen LogP contribution in [0.25, 0.3) is 0 Å². The molecule has 54 valence electrons. The second-order valence-electron chi connectivity index (χ2n) is 2.89. The van der Waals surface area contributed by atoms with Gasteiger partial charge in [-0.25, -0.2) is 8.42 Å². The van der Waals surface area contributed by atoms with Gasteiger partial charge in [0.2, 0.25) is 0 Å². The predicted molar refractivity (Wildman–Crippen MR) is 37.1 cm³/mol. The highest BCUT2D eigenvalue weighted by Crippen LogP contribution is 2.27. The second-order valence-corrected chi connectivity index (χ2v) is 5.07. The normalized spacial score (nSPS) is 21.4. The van der Waals surface area contributed by atoms with E-state index in [1.54, 1.807) is 0 Å². The van der Waals surface area contributed by atoms with Gasteiger partial charge in [-0.2, -0.15) is 0 Å². The summed E-state index contributed by atoms with van der Waals surface area (Å²) in [5.41, 5.74) is 0. The van der Waals surface area contributed by atoms with E-state index in [1.807, 2.05) is 0 Å². The highest BCUT2D eigenvalue weighted by Gasteiger charge is 2.21. The Morgan fingerprint density at radius 3 is 2.11 bits per heavy atom. The highest BCUT2D eigenvalue weighted by atomic mass is 32.2. The summed E-state index contributed by atoms with van der Waals surface area (Å²) in [6.07, 6.45) is 4.77. The predicted octanol–water partition coefficient (Wildman–Crippen LogP) is 0.831. The molecule has 0 spiro atoms. The maximum Gasteiger partial charge on any atom is 0.147 e. The fraction of sp³-hybridized carbons (Fsp3) is 1.00. The van der Waals surface area contributed by atoms with Crippen molar-refractivity contribution in [3.63, 3.8) is 0 Å². The van der Waals surface area contributed by atoms with Crippen LogP contribution >= 0.6 is 0 Å². The smallest absolute Gasteiger partial charge is 0.147 e. The molecule has 0 bridgehead atoms. The summed E-state index contributed by atoms with van der Waals surface area (Å²) < 4.78 is 21.3. The molecule has 0 aromatic carbocycles. The van der Waals surface area contributed by atoms with E-state index in [0.29, 0.717) is 11.7 Å². The molecule has 0 aromatic rings. The molecule has 0 aliphatic heterocycles. The Hall–Kier alpha value is -0.0500. The lowest BCUT2D eigenvalue weighted by Gasteiger charge is -2.23. The molecule has 1 saturated carbocycles. The SMILES string of the molecule is CS(=O)(=O)CC1CCC1. The Bertz CT molecular complexity index is 177. The molecule has 0 saturated heterocycles. The van der Waals surface area contributed by atoms with Crippen LogP contribution in [-0.4, -0.2) is 20.4 Å². The van der Waals surface area contributed by atoms with E-state index in [4.69, 9.17) is 0 Å². The van der Waals surface area contributed by atoms with Crippen molar-refractivity contribution in [2.24, 2.45) is 5.92 Å². The lowest BCUT2D eigenvalue weighted by atomic mass is 9.87. The van der Waals surface area contributed by atoms with Gasteiger partial charge in [0.15, 0.2) is 0 Å². The summed E-state index contributed by atoms with van der Waals surface area (Å²) in [6.45, 7) is 0. The molecule has 2 nitrogen and oxygen atoms in total. The van der Waals surface area contributed by atoms with Crippen LogP contribution in [0.2, 0.25) is 0 Å². The number of hydrogen-bond acceptors (Lipinski definition) is 2. The van der Waals surface area contributed by atoms with Crippen LogP contribution in [0.15, 0.2) is 0 Å². The van der Waals surface area contributed by atoms with Gasteiger partial charge >= 0.3 is 0 Å². The molecule has 1 rings (SSSR count). The van der Waals surface area contributed by atoms with Crippen molar-refractivity contribution in [3.05, 3.63) is 0 Å². The van der Waals surface area contributed by atoms with Gasteiger partial charge in [-0.15, -0.1) is 0 Å². The van der Waals surface area contributed by atoms with Crippen LogP contribution < -0.4 is 0 Å². The molecule has 1 aliphatic rings. The molecule has 1 aliphatic carbocycles. The van der Waals surface area contributed by atoms with E-state index in [1.165, 1.54) is 12.7 Å². The number of sulfone groups is 1. The van der Waals surface area contributed by atoms with E-state index in [0.717, 1.165) is 12.8 Å². The first-order valence-electron chi connectivity index (χ1n) is 3.26. The molecular weight excluding hydrogens is 136 g/mol. The maximum atomic E-state index is 10.6. The zero-order valence-electron chi connectivity index (χ0n) is 5.63. The summed E-state index contributed by atoms with van der Waals surface area (Å²) in [7, 11) is -2.68. The lowest BCUT2D eigenvalue weighted by Crippen LogP contribution is -2.20. The van der Waals surface area contributed by atoms with E-state index in [-0.39, 0.29) is 0 Å². The summed E-state index contributed by atoms with van der Waals surface area (Å²) in [5.74, 6) is 0.896. The molecule has 0 heterocycles. The van der Waals surface area contributed by atoms with Gasteiger partial charge in [0.1, 0.15) is 9.84 Å². The van der Waals surface area contributed by atoms with E-state index in [9.17, 15) is 8.42 Å². The first-order valence-corrected chi connectivity index (χ1v) is 5.32. The zero-order chi connectivity index (χ0) is 6.91. The largest absolute Gasteiger partial charge is 0.229 e. The standard InChI is InChI=1S/C6H12O2S/c1-9(7,8)5-6-3-2-4-6/h6H,2-5H2,1H3. The Morgan fingerprint density at radius 1 is 1.44 bits per heavy atom. The molecule has 0 radical (unpaired) electrons. The van der Waals surface area contributed by atoms with Crippen LogP contribution in [0.5, 0.6) is 0 Å². The first-order chi connectivity index (χ1) is 4.08. The van der Waals surface area contributed by atoms with Crippen LogP contribution in [0.1, 0.15) is 19.3 Å². The Balaban J connectivity index is 2.33. The van der Waals surface area contributed by atoms with Crippen molar-refractivity contribution in [2.75, 3.05) is 12.0 Å². The lowest BCUT2D eigenvalue weighted by molar-refractivity contribution is 0.347. The maximum absolute atomic E-state index is 10.6. The molecule has 9 heavy (non-hydrogen) atoms. The minimum absolute atomic E-state index is 0.410. The topological polar surface area (TPSA) is 34.1 Å². The molecule has 0 unspecified atom stereocenters. The number of hydrogen-bond donors (Lipinski definition) is 0. The average molecular weight is 148 g/mol. The molecule has 0 atom stereocenters. The monoisotopic (exact) mass is 148 g/mol. The van der Waals surface area contributed by atoms with Crippen molar-refractivity contribution in [1.29, 1.82) is 0 Å². The van der Waals surface area contributed by atoms with Gasteiger partial charge in [-0.1, -0.05) is 6.42 Å².